The van der Waals surface area contributed by atoms with Crippen molar-refractivity contribution in [2.24, 2.45) is 0 Å². The molecule has 0 fully saturated rings. The van der Waals surface area contributed by atoms with Gasteiger partial charge in [-0.2, -0.15) is 13.2 Å². The zero-order valence-electron chi connectivity index (χ0n) is 11.7. The Morgan fingerprint density at radius 3 is 2.74 bits per heavy atom. The molecule has 0 unspecified atom stereocenters. The average molecular weight is 344 g/mol. The largest absolute Gasteiger partial charge is 0.465 e. The maximum atomic E-state index is 12.9. The number of carbonyl (C=O) groups excluding carboxylic acids is 1. The summed E-state index contributed by atoms with van der Waals surface area (Å²) in [6.45, 7) is -1.24. The zero-order valence-corrected chi connectivity index (χ0v) is 12.4. The van der Waals surface area contributed by atoms with Crippen molar-refractivity contribution >= 4 is 39.5 Å². The fourth-order valence-corrected chi connectivity index (χ4v) is 2.70. The van der Waals surface area contributed by atoms with E-state index in [1.165, 1.54) is 25.3 Å². The summed E-state index contributed by atoms with van der Waals surface area (Å²) in [6, 6.07) is 4.23. The van der Waals surface area contributed by atoms with E-state index in [0.29, 0.717) is 5.39 Å². The smallest absolute Gasteiger partial charge is 0.406 e. The lowest BCUT2D eigenvalue weighted by molar-refractivity contribution is -0.139. The molecule has 0 saturated carbocycles. The molecule has 3 aromatic rings. The van der Waals surface area contributed by atoms with Gasteiger partial charge in [0.25, 0.3) is 0 Å². The number of esters is 1. The second-order valence-electron chi connectivity index (χ2n) is 4.79. The first-order valence-electron chi connectivity index (χ1n) is 6.39. The summed E-state index contributed by atoms with van der Waals surface area (Å²) in [7, 11) is 1.22. The maximum Gasteiger partial charge on any atom is 0.406 e. The summed E-state index contributed by atoms with van der Waals surface area (Å²) in [5.74, 6) is -0.594. The first-order chi connectivity index (χ1) is 10.8. The quantitative estimate of drug-likeness (QED) is 0.527. The Kier molecular flexibility index (Phi) is 3.63. The highest BCUT2D eigenvalue weighted by atomic mass is 35.5. The molecule has 1 aromatic carbocycles. The monoisotopic (exact) mass is 343 g/mol. The minimum Gasteiger partial charge on any atom is -0.465 e. The lowest BCUT2D eigenvalue weighted by Gasteiger charge is -2.10. The van der Waals surface area contributed by atoms with Gasteiger partial charge in [-0.3, -0.25) is 0 Å². The first kappa shape index (κ1) is 15.5. The van der Waals surface area contributed by atoms with E-state index in [1.54, 1.807) is 0 Å². The van der Waals surface area contributed by atoms with Crippen molar-refractivity contribution in [1.82, 2.24) is 14.5 Å². The molecule has 0 amide bonds. The highest BCUT2D eigenvalue weighted by Gasteiger charge is 2.31. The average Bonchev–Trinajstić information content (AvgIpc) is 2.80. The molecule has 0 saturated heterocycles. The molecule has 120 valence electrons. The number of ether oxygens (including phenoxy) is 1. The number of methoxy groups -OCH3 is 1. The number of nitrogens with zero attached hydrogens (tertiary/aromatic N) is 3. The summed E-state index contributed by atoms with van der Waals surface area (Å²) < 4.78 is 44.3. The van der Waals surface area contributed by atoms with Gasteiger partial charge in [0, 0.05) is 5.39 Å². The van der Waals surface area contributed by atoms with Crippen LogP contribution in [0, 0.1) is 0 Å². The van der Waals surface area contributed by atoms with Crippen LogP contribution in [0.25, 0.3) is 21.9 Å². The van der Waals surface area contributed by atoms with E-state index in [9.17, 15) is 18.0 Å². The number of alkyl halides is 3. The molecule has 9 heteroatoms. The Labute approximate surface area is 132 Å². The van der Waals surface area contributed by atoms with Gasteiger partial charge in [-0.05, 0) is 18.2 Å². The third kappa shape index (κ3) is 2.70. The number of hydrogen-bond donors (Lipinski definition) is 0. The van der Waals surface area contributed by atoms with Gasteiger partial charge in [0.15, 0.2) is 5.15 Å². The van der Waals surface area contributed by atoms with E-state index in [0.717, 1.165) is 10.9 Å². The highest BCUT2D eigenvalue weighted by Crippen LogP contribution is 2.34. The molecule has 0 aliphatic heterocycles. The van der Waals surface area contributed by atoms with Gasteiger partial charge < -0.3 is 9.30 Å². The van der Waals surface area contributed by atoms with Crippen LogP contribution >= 0.6 is 11.6 Å². The maximum absolute atomic E-state index is 12.9. The van der Waals surface area contributed by atoms with Crippen molar-refractivity contribution in [2.45, 2.75) is 12.7 Å². The van der Waals surface area contributed by atoms with E-state index < -0.39 is 18.7 Å². The third-order valence-electron chi connectivity index (χ3n) is 3.35. The van der Waals surface area contributed by atoms with E-state index in [4.69, 9.17) is 11.6 Å². The molecule has 2 heterocycles. The molecule has 0 spiro atoms. The number of hydrogen-bond acceptors (Lipinski definition) is 4. The SMILES string of the molecule is COC(=O)c1ccc2c(c1)c1ncnc(Cl)c1n2CC(F)(F)F. The van der Waals surface area contributed by atoms with Crippen LogP contribution in [0.2, 0.25) is 5.15 Å². The van der Waals surface area contributed by atoms with E-state index in [-0.39, 0.29) is 27.3 Å². The zero-order chi connectivity index (χ0) is 16.8. The van der Waals surface area contributed by atoms with Crippen molar-refractivity contribution in [3.63, 3.8) is 0 Å². The normalized spacial score (nSPS) is 12.0. The van der Waals surface area contributed by atoms with Gasteiger partial charge in [-0.15, -0.1) is 0 Å². The van der Waals surface area contributed by atoms with Gasteiger partial charge in [0.1, 0.15) is 23.9 Å². The number of aromatic nitrogens is 3. The summed E-state index contributed by atoms with van der Waals surface area (Å²) in [5.41, 5.74) is 0.784. The van der Waals surface area contributed by atoms with Crippen LogP contribution in [-0.2, 0) is 11.3 Å². The molecule has 5 nitrogen and oxygen atoms in total. The summed E-state index contributed by atoms with van der Waals surface area (Å²) >= 11 is 5.96. The third-order valence-corrected chi connectivity index (χ3v) is 3.63. The topological polar surface area (TPSA) is 57.0 Å². The molecule has 2 aromatic heterocycles. The van der Waals surface area contributed by atoms with Crippen LogP contribution in [0.5, 0.6) is 0 Å². The molecule has 0 aliphatic rings. The summed E-state index contributed by atoms with van der Waals surface area (Å²) in [6.07, 6.45) is -3.29. The van der Waals surface area contributed by atoms with E-state index in [1.807, 2.05) is 0 Å². The van der Waals surface area contributed by atoms with Gasteiger partial charge in [-0.1, -0.05) is 11.6 Å². The van der Waals surface area contributed by atoms with Gasteiger partial charge in [0.2, 0.25) is 0 Å². The van der Waals surface area contributed by atoms with Crippen LogP contribution in [0.15, 0.2) is 24.5 Å². The molecule has 0 aliphatic carbocycles. The van der Waals surface area contributed by atoms with Crippen LogP contribution in [0.4, 0.5) is 13.2 Å². The Morgan fingerprint density at radius 1 is 1.35 bits per heavy atom. The summed E-state index contributed by atoms with van der Waals surface area (Å²) in [5, 5.41) is 0.284. The second kappa shape index (κ2) is 5.38. The van der Waals surface area contributed by atoms with Crippen molar-refractivity contribution in [1.29, 1.82) is 0 Å². The predicted molar refractivity (Wildman–Crippen MR) is 77.4 cm³/mol. The van der Waals surface area contributed by atoms with Gasteiger partial charge >= 0.3 is 12.1 Å². The van der Waals surface area contributed by atoms with Crippen molar-refractivity contribution in [2.75, 3.05) is 7.11 Å². The Morgan fingerprint density at radius 2 is 2.09 bits per heavy atom. The first-order valence-corrected chi connectivity index (χ1v) is 6.77. The lowest BCUT2D eigenvalue weighted by Crippen LogP contribution is -2.17. The fourth-order valence-electron chi connectivity index (χ4n) is 2.46. The number of rotatable bonds is 2. The Hall–Kier alpha value is -2.35. The van der Waals surface area contributed by atoms with Crippen LogP contribution in [0.3, 0.4) is 0 Å². The van der Waals surface area contributed by atoms with Crippen LogP contribution in [-0.4, -0.2) is 33.8 Å². The van der Waals surface area contributed by atoms with Crippen molar-refractivity contribution < 1.29 is 22.7 Å². The fraction of sp³-hybridized carbons (Fsp3) is 0.214. The highest BCUT2D eigenvalue weighted by molar-refractivity contribution is 6.34. The number of carbonyl (C=O) groups is 1. The Bertz CT molecular complexity index is 921. The Balaban J connectivity index is 2.37. The minimum atomic E-state index is -4.45. The molecule has 0 radical (unpaired) electrons. The van der Waals surface area contributed by atoms with Crippen molar-refractivity contribution in [3.8, 4) is 0 Å². The second-order valence-corrected chi connectivity index (χ2v) is 5.14. The van der Waals surface area contributed by atoms with Crippen molar-refractivity contribution in [3.05, 3.63) is 35.2 Å². The minimum absolute atomic E-state index is 0.0727. The molecule has 3 rings (SSSR count). The van der Waals surface area contributed by atoms with Gasteiger partial charge in [-0.25, -0.2) is 14.8 Å². The molecule has 0 atom stereocenters. The molecular weight excluding hydrogens is 335 g/mol. The molecule has 23 heavy (non-hydrogen) atoms. The number of fused-ring (bicyclic) bond motifs is 3. The lowest BCUT2D eigenvalue weighted by atomic mass is 10.1. The number of benzene rings is 1. The predicted octanol–water partition coefficient (Wildman–Crippen LogP) is 3.59. The summed E-state index contributed by atoms with van der Waals surface area (Å²) in [4.78, 5) is 19.4. The van der Waals surface area contributed by atoms with Crippen LogP contribution in [0.1, 0.15) is 10.4 Å². The number of halogens is 4. The van der Waals surface area contributed by atoms with Crippen LogP contribution < -0.4 is 0 Å². The molecule has 0 N–H and O–H groups in total. The molecular formula is C14H9ClF3N3O2. The van der Waals surface area contributed by atoms with E-state index in [2.05, 4.69) is 14.7 Å². The molecule has 0 bridgehead atoms. The standard InChI is InChI=1S/C14H9ClF3N3O2/c1-23-13(22)7-2-3-9-8(4-7)10-11(12(15)20-6-19-10)21(9)5-14(16,17)18/h2-4,6H,5H2,1H3. The van der Waals surface area contributed by atoms with Gasteiger partial charge in [0.05, 0.1) is 18.2 Å². The van der Waals surface area contributed by atoms with E-state index >= 15 is 0 Å².